The molecule has 1 aliphatic heterocycles. The number of amides is 1. The summed E-state index contributed by atoms with van der Waals surface area (Å²) in [5.41, 5.74) is 0. The molecule has 0 unspecified atom stereocenters. The monoisotopic (exact) mass is 131 g/mol. The summed E-state index contributed by atoms with van der Waals surface area (Å²) in [5, 5.41) is 0. The van der Waals surface area contributed by atoms with Crippen LogP contribution in [0.3, 0.4) is 0 Å². The van der Waals surface area contributed by atoms with Crippen LogP contribution < -0.4 is 0 Å². The summed E-state index contributed by atoms with van der Waals surface area (Å²) in [6.07, 6.45) is 0. The fraction of sp³-hybridized carbons (Fsp3) is 0.833. The first kappa shape index (κ1) is 6.52. The molecule has 0 aromatic carbocycles. The molecule has 52 valence electrons. The van der Waals surface area contributed by atoms with Gasteiger partial charge in [-0.2, -0.15) is 0 Å². The predicted octanol–water partition coefficient (Wildman–Crippen LogP) is 0.434. The van der Waals surface area contributed by atoms with Crippen LogP contribution in [0.4, 0.5) is 4.39 Å². The van der Waals surface area contributed by atoms with E-state index in [0.717, 1.165) is 0 Å². The Morgan fingerprint density at radius 2 is 2.33 bits per heavy atom. The summed E-state index contributed by atoms with van der Waals surface area (Å²) in [7, 11) is 0. The van der Waals surface area contributed by atoms with Gasteiger partial charge in [0, 0.05) is 25.9 Å². The average molecular weight is 131 g/mol. The minimum absolute atomic E-state index is 0.0553. The molecule has 3 heteroatoms. The maximum atomic E-state index is 11.7. The van der Waals surface area contributed by atoms with Crippen molar-refractivity contribution < 1.29 is 9.18 Å². The maximum absolute atomic E-state index is 11.7. The van der Waals surface area contributed by atoms with E-state index in [2.05, 4.69) is 0 Å². The molecular formula is C6H10FNO. The van der Waals surface area contributed by atoms with Gasteiger partial charge in [-0.1, -0.05) is 0 Å². The van der Waals surface area contributed by atoms with Crippen molar-refractivity contribution in [1.29, 1.82) is 0 Å². The van der Waals surface area contributed by atoms with Gasteiger partial charge in [-0.3, -0.25) is 9.18 Å². The van der Waals surface area contributed by atoms with Crippen LogP contribution in [0, 0.1) is 5.92 Å². The molecule has 0 saturated carbocycles. The van der Waals surface area contributed by atoms with E-state index in [1.54, 1.807) is 4.90 Å². The lowest BCUT2D eigenvalue weighted by Gasteiger charge is -2.36. The minimum atomic E-state index is -0.288. The van der Waals surface area contributed by atoms with E-state index in [1.807, 2.05) is 0 Å². The Balaban J connectivity index is 2.19. The number of hydrogen-bond acceptors (Lipinski definition) is 1. The fourth-order valence-corrected chi connectivity index (χ4v) is 0.925. The predicted molar refractivity (Wildman–Crippen MR) is 31.7 cm³/mol. The number of carbonyl (C=O) groups is 1. The van der Waals surface area contributed by atoms with Crippen molar-refractivity contribution in [2.75, 3.05) is 19.8 Å². The van der Waals surface area contributed by atoms with E-state index in [0.29, 0.717) is 13.1 Å². The summed E-state index contributed by atoms with van der Waals surface area (Å²) in [4.78, 5) is 12.1. The van der Waals surface area contributed by atoms with E-state index >= 15 is 0 Å². The lowest BCUT2D eigenvalue weighted by Crippen LogP contribution is -2.49. The van der Waals surface area contributed by atoms with Crippen molar-refractivity contribution in [3.8, 4) is 0 Å². The van der Waals surface area contributed by atoms with Crippen molar-refractivity contribution >= 4 is 5.91 Å². The second kappa shape index (κ2) is 2.33. The Morgan fingerprint density at radius 3 is 2.67 bits per heavy atom. The molecule has 0 aromatic rings. The molecular weight excluding hydrogens is 121 g/mol. The molecule has 1 fully saturated rings. The molecule has 0 aliphatic carbocycles. The first-order valence-electron chi connectivity index (χ1n) is 3.05. The molecule has 0 radical (unpaired) electrons. The molecule has 0 aromatic heterocycles. The zero-order chi connectivity index (χ0) is 6.85. The number of carbonyl (C=O) groups excluding carboxylic acids is 1. The highest BCUT2D eigenvalue weighted by atomic mass is 19.1. The Labute approximate surface area is 53.6 Å². The summed E-state index contributed by atoms with van der Waals surface area (Å²) < 4.78 is 11.7. The molecule has 1 rings (SSSR count). The largest absolute Gasteiger partial charge is 0.342 e. The third-order valence-corrected chi connectivity index (χ3v) is 1.62. The topological polar surface area (TPSA) is 20.3 Å². The van der Waals surface area contributed by atoms with Gasteiger partial charge in [0.2, 0.25) is 5.91 Å². The van der Waals surface area contributed by atoms with Gasteiger partial charge in [-0.15, -0.1) is 0 Å². The zero-order valence-electron chi connectivity index (χ0n) is 5.43. The van der Waals surface area contributed by atoms with Gasteiger partial charge >= 0.3 is 0 Å². The van der Waals surface area contributed by atoms with Crippen molar-refractivity contribution in [1.82, 2.24) is 4.90 Å². The first-order chi connectivity index (χ1) is 4.24. The second-order valence-corrected chi connectivity index (χ2v) is 2.44. The Hall–Kier alpha value is -0.600. The summed E-state index contributed by atoms with van der Waals surface area (Å²) in [5.74, 6) is 0.175. The average Bonchev–Trinajstić information content (AvgIpc) is 1.61. The lowest BCUT2D eigenvalue weighted by molar-refractivity contribution is -0.135. The molecule has 1 heterocycles. The SMILES string of the molecule is CC(=O)N1CC(CF)C1. The van der Waals surface area contributed by atoms with E-state index in [1.165, 1.54) is 6.92 Å². The smallest absolute Gasteiger partial charge is 0.219 e. The molecule has 1 aliphatic rings. The van der Waals surface area contributed by atoms with Gasteiger partial charge in [0.05, 0.1) is 6.67 Å². The summed E-state index contributed by atoms with van der Waals surface area (Å²) in [6, 6.07) is 0. The fourth-order valence-electron chi connectivity index (χ4n) is 0.925. The minimum Gasteiger partial charge on any atom is -0.342 e. The second-order valence-electron chi connectivity index (χ2n) is 2.44. The van der Waals surface area contributed by atoms with Gasteiger partial charge < -0.3 is 4.90 Å². The van der Waals surface area contributed by atoms with E-state index < -0.39 is 0 Å². The van der Waals surface area contributed by atoms with Crippen LogP contribution in [-0.4, -0.2) is 30.6 Å². The Bertz CT molecular complexity index is 120. The van der Waals surface area contributed by atoms with E-state index in [4.69, 9.17) is 0 Å². The molecule has 0 N–H and O–H groups in total. The van der Waals surface area contributed by atoms with Crippen LogP contribution in [0.15, 0.2) is 0 Å². The van der Waals surface area contributed by atoms with Crippen LogP contribution >= 0.6 is 0 Å². The van der Waals surface area contributed by atoms with Crippen molar-refractivity contribution in [2.45, 2.75) is 6.92 Å². The molecule has 1 saturated heterocycles. The van der Waals surface area contributed by atoms with Crippen LogP contribution in [-0.2, 0) is 4.79 Å². The van der Waals surface area contributed by atoms with Crippen molar-refractivity contribution in [2.24, 2.45) is 5.92 Å². The Kier molecular flexibility index (Phi) is 1.69. The number of likely N-dealkylation sites (tertiary alicyclic amines) is 1. The van der Waals surface area contributed by atoms with Crippen LogP contribution in [0.1, 0.15) is 6.92 Å². The van der Waals surface area contributed by atoms with Gasteiger partial charge in [0.25, 0.3) is 0 Å². The lowest BCUT2D eigenvalue weighted by atomic mass is 10.0. The highest BCUT2D eigenvalue weighted by Crippen LogP contribution is 2.14. The van der Waals surface area contributed by atoms with Gasteiger partial charge in [-0.25, -0.2) is 0 Å². The van der Waals surface area contributed by atoms with Gasteiger partial charge in [-0.05, 0) is 0 Å². The first-order valence-corrected chi connectivity index (χ1v) is 3.05. The molecule has 1 amide bonds. The van der Waals surface area contributed by atoms with E-state index in [-0.39, 0.29) is 18.5 Å². The number of alkyl halides is 1. The summed E-state index contributed by atoms with van der Waals surface area (Å²) in [6.45, 7) is 2.45. The molecule has 0 bridgehead atoms. The van der Waals surface area contributed by atoms with Crippen LogP contribution in [0.25, 0.3) is 0 Å². The quantitative estimate of drug-likeness (QED) is 0.505. The van der Waals surface area contributed by atoms with Gasteiger partial charge in [0.1, 0.15) is 0 Å². The maximum Gasteiger partial charge on any atom is 0.219 e. The highest BCUT2D eigenvalue weighted by Gasteiger charge is 2.27. The Morgan fingerprint density at radius 1 is 1.78 bits per heavy atom. The molecule has 0 spiro atoms. The molecule has 9 heavy (non-hydrogen) atoms. The number of nitrogens with zero attached hydrogens (tertiary/aromatic N) is 1. The van der Waals surface area contributed by atoms with Crippen LogP contribution in [0.2, 0.25) is 0 Å². The standard InChI is InChI=1S/C6H10FNO/c1-5(9)8-3-6(2-7)4-8/h6H,2-4H2,1H3. The van der Waals surface area contributed by atoms with Gasteiger partial charge in [0.15, 0.2) is 0 Å². The molecule has 2 nitrogen and oxygen atoms in total. The van der Waals surface area contributed by atoms with E-state index in [9.17, 15) is 9.18 Å². The number of halogens is 1. The van der Waals surface area contributed by atoms with Crippen LogP contribution in [0.5, 0.6) is 0 Å². The molecule has 0 atom stereocenters. The third kappa shape index (κ3) is 1.20. The highest BCUT2D eigenvalue weighted by molar-refractivity contribution is 5.74. The van der Waals surface area contributed by atoms with Crippen molar-refractivity contribution in [3.63, 3.8) is 0 Å². The summed E-state index contributed by atoms with van der Waals surface area (Å²) >= 11 is 0. The van der Waals surface area contributed by atoms with Crippen molar-refractivity contribution in [3.05, 3.63) is 0 Å². The third-order valence-electron chi connectivity index (χ3n) is 1.62. The normalized spacial score (nSPS) is 19.6. The number of rotatable bonds is 1. The zero-order valence-corrected chi connectivity index (χ0v) is 5.43. The number of hydrogen-bond donors (Lipinski definition) is 0.